The minimum Gasteiger partial charge on any atom is -0.374 e. The molecule has 0 spiro atoms. The van der Waals surface area contributed by atoms with Gasteiger partial charge in [-0.1, -0.05) is 0 Å². The second kappa shape index (κ2) is 8.33. The van der Waals surface area contributed by atoms with E-state index in [0.717, 1.165) is 18.2 Å². The van der Waals surface area contributed by atoms with E-state index < -0.39 is 0 Å². The van der Waals surface area contributed by atoms with Gasteiger partial charge < -0.3 is 15.0 Å². The van der Waals surface area contributed by atoms with E-state index >= 15 is 0 Å². The first-order chi connectivity index (χ1) is 9.64. The first-order valence-corrected chi connectivity index (χ1v) is 6.92. The Balaban J connectivity index is 2.98. The molecule has 0 amide bonds. The summed E-state index contributed by atoms with van der Waals surface area (Å²) in [7, 11) is 1.82. The lowest BCUT2D eigenvalue weighted by Crippen LogP contribution is -2.29. The van der Waals surface area contributed by atoms with E-state index in [-0.39, 0.29) is 5.92 Å². The van der Waals surface area contributed by atoms with Crippen molar-refractivity contribution in [2.24, 2.45) is 5.92 Å². The average molecular weight is 277 g/mol. The highest BCUT2D eigenvalue weighted by Crippen LogP contribution is 2.17. The molecule has 0 saturated carbocycles. The molecule has 0 bridgehead atoms. The topological polar surface area (TPSA) is 74.1 Å². The molecule has 0 fully saturated rings. The van der Waals surface area contributed by atoms with Crippen LogP contribution in [0.1, 0.15) is 26.6 Å². The summed E-state index contributed by atoms with van der Waals surface area (Å²) in [6, 6.07) is 4.14. The number of aromatic nitrogens is 2. The monoisotopic (exact) mass is 277 g/mol. The fourth-order valence-electron chi connectivity index (χ4n) is 1.79. The second-order valence-electron chi connectivity index (χ2n) is 4.48. The SMILES string of the molecule is CCOCc1nc(NC)cc(N(CC)CC(C)C#N)n1. The molecule has 1 aromatic rings. The third-order valence-electron chi connectivity index (χ3n) is 2.87. The van der Waals surface area contributed by atoms with Gasteiger partial charge in [-0.15, -0.1) is 0 Å². The van der Waals surface area contributed by atoms with Crippen molar-refractivity contribution in [2.45, 2.75) is 27.4 Å². The van der Waals surface area contributed by atoms with Crippen molar-refractivity contribution in [2.75, 3.05) is 37.0 Å². The van der Waals surface area contributed by atoms with Crippen LogP contribution in [0, 0.1) is 17.2 Å². The van der Waals surface area contributed by atoms with Crippen molar-refractivity contribution in [3.63, 3.8) is 0 Å². The quantitative estimate of drug-likeness (QED) is 0.784. The number of nitriles is 1. The summed E-state index contributed by atoms with van der Waals surface area (Å²) >= 11 is 0. The van der Waals surface area contributed by atoms with Crippen molar-refractivity contribution >= 4 is 11.6 Å². The van der Waals surface area contributed by atoms with Crippen molar-refractivity contribution in [3.05, 3.63) is 11.9 Å². The Morgan fingerprint density at radius 3 is 2.75 bits per heavy atom. The molecule has 6 nitrogen and oxygen atoms in total. The Hall–Kier alpha value is -1.87. The Morgan fingerprint density at radius 2 is 2.20 bits per heavy atom. The van der Waals surface area contributed by atoms with Gasteiger partial charge in [0.1, 0.15) is 18.2 Å². The first kappa shape index (κ1) is 16.2. The van der Waals surface area contributed by atoms with Crippen LogP contribution >= 0.6 is 0 Å². The molecule has 0 aliphatic heterocycles. The highest BCUT2D eigenvalue weighted by Gasteiger charge is 2.13. The van der Waals surface area contributed by atoms with E-state index in [2.05, 4.69) is 26.3 Å². The number of nitrogens with zero attached hydrogens (tertiary/aromatic N) is 4. The zero-order chi connectivity index (χ0) is 15.0. The maximum atomic E-state index is 8.96. The zero-order valence-electron chi connectivity index (χ0n) is 12.7. The maximum absolute atomic E-state index is 8.96. The molecule has 0 saturated heterocycles. The van der Waals surface area contributed by atoms with Crippen LogP contribution in [0.4, 0.5) is 11.6 Å². The molecular weight excluding hydrogens is 254 g/mol. The summed E-state index contributed by atoms with van der Waals surface area (Å²) in [6.45, 7) is 8.37. The van der Waals surface area contributed by atoms with Crippen molar-refractivity contribution in [3.8, 4) is 6.07 Å². The largest absolute Gasteiger partial charge is 0.374 e. The number of hydrogen-bond acceptors (Lipinski definition) is 6. The number of hydrogen-bond donors (Lipinski definition) is 1. The Kier molecular flexibility index (Phi) is 6.74. The average Bonchev–Trinajstić information content (AvgIpc) is 2.49. The Labute approximate surface area is 120 Å². The Morgan fingerprint density at radius 1 is 1.45 bits per heavy atom. The minimum absolute atomic E-state index is 0.0432. The van der Waals surface area contributed by atoms with Crippen molar-refractivity contribution in [1.29, 1.82) is 5.26 Å². The summed E-state index contributed by atoms with van der Waals surface area (Å²) in [6.07, 6.45) is 0. The van der Waals surface area contributed by atoms with Crippen LogP contribution < -0.4 is 10.2 Å². The number of anilines is 2. The van der Waals surface area contributed by atoms with E-state index in [4.69, 9.17) is 10.00 Å². The molecule has 0 aliphatic rings. The van der Waals surface area contributed by atoms with E-state index in [1.165, 1.54) is 0 Å². The standard InChI is InChI=1S/C14H23N5O/c1-5-19(9-11(3)8-15)14-7-12(16-4)17-13(18-14)10-20-6-2/h7,11H,5-6,9-10H2,1-4H3,(H,16,17,18). The molecule has 1 aromatic heterocycles. The summed E-state index contributed by atoms with van der Waals surface area (Å²) in [5.74, 6) is 2.19. The summed E-state index contributed by atoms with van der Waals surface area (Å²) in [5, 5.41) is 12.0. The smallest absolute Gasteiger partial charge is 0.158 e. The van der Waals surface area contributed by atoms with Gasteiger partial charge in [-0.3, -0.25) is 0 Å². The van der Waals surface area contributed by atoms with Crippen LogP contribution in [-0.2, 0) is 11.3 Å². The van der Waals surface area contributed by atoms with Gasteiger partial charge in [0.25, 0.3) is 0 Å². The van der Waals surface area contributed by atoms with Gasteiger partial charge in [0.15, 0.2) is 5.82 Å². The van der Waals surface area contributed by atoms with Crippen molar-refractivity contribution < 1.29 is 4.74 Å². The Bertz CT molecular complexity index is 457. The van der Waals surface area contributed by atoms with Crippen LogP contribution in [0.15, 0.2) is 6.07 Å². The minimum atomic E-state index is -0.0432. The van der Waals surface area contributed by atoms with Crippen LogP contribution in [-0.4, -0.2) is 36.7 Å². The van der Waals surface area contributed by atoms with Gasteiger partial charge in [-0.25, -0.2) is 9.97 Å². The molecule has 110 valence electrons. The molecule has 1 rings (SSSR count). The van der Waals surface area contributed by atoms with E-state index in [9.17, 15) is 0 Å². The molecule has 0 aliphatic carbocycles. The molecule has 1 unspecified atom stereocenters. The maximum Gasteiger partial charge on any atom is 0.158 e. The van der Waals surface area contributed by atoms with Gasteiger partial charge in [-0.05, 0) is 20.8 Å². The van der Waals surface area contributed by atoms with Crippen LogP contribution in [0.2, 0.25) is 0 Å². The summed E-state index contributed by atoms with van der Waals surface area (Å²) in [4.78, 5) is 11.0. The van der Waals surface area contributed by atoms with Gasteiger partial charge >= 0.3 is 0 Å². The van der Waals surface area contributed by atoms with Gasteiger partial charge in [0, 0.05) is 32.8 Å². The molecule has 1 heterocycles. The predicted molar refractivity (Wildman–Crippen MR) is 79.6 cm³/mol. The number of rotatable bonds is 8. The first-order valence-electron chi connectivity index (χ1n) is 6.92. The molecule has 1 N–H and O–H groups in total. The molecule has 6 heteroatoms. The zero-order valence-corrected chi connectivity index (χ0v) is 12.7. The van der Waals surface area contributed by atoms with Crippen molar-refractivity contribution in [1.82, 2.24) is 9.97 Å². The lowest BCUT2D eigenvalue weighted by Gasteiger charge is -2.23. The van der Waals surface area contributed by atoms with E-state index in [0.29, 0.717) is 25.6 Å². The molecule has 0 radical (unpaired) electrons. The third kappa shape index (κ3) is 4.67. The summed E-state index contributed by atoms with van der Waals surface area (Å²) < 4.78 is 5.37. The normalized spacial score (nSPS) is 11.8. The fraction of sp³-hybridized carbons (Fsp3) is 0.643. The van der Waals surface area contributed by atoms with E-state index in [1.807, 2.05) is 33.9 Å². The highest BCUT2D eigenvalue weighted by atomic mass is 16.5. The van der Waals surface area contributed by atoms with Crippen LogP contribution in [0.3, 0.4) is 0 Å². The molecular formula is C14H23N5O. The number of ether oxygens (including phenoxy) is 1. The predicted octanol–water partition coefficient (Wildman–Crippen LogP) is 2.04. The van der Waals surface area contributed by atoms with Gasteiger partial charge in [0.05, 0.1) is 12.0 Å². The fourth-order valence-corrected chi connectivity index (χ4v) is 1.79. The third-order valence-corrected chi connectivity index (χ3v) is 2.87. The van der Waals surface area contributed by atoms with Gasteiger partial charge in [0.2, 0.25) is 0 Å². The molecule has 0 aromatic carbocycles. The molecule has 1 atom stereocenters. The van der Waals surface area contributed by atoms with Crippen LogP contribution in [0.5, 0.6) is 0 Å². The summed E-state index contributed by atoms with van der Waals surface area (Å²) in [5.41, 5.74) is 0. The second-order valence-corrected chi connectivity index (χ2v) is 4.48. The van der Waals surface area contributed by atoms with Gasteiger partial charge in [-0.2, -0.15) is 5.26 Å². The van der Waals surface area contributed by atoms with Crippen LogP contribution in [0.25, 0.3) is 0 Å². The van der Waals surface area contributed by atoms with E-state index in [1.54, 1.807) is 0 Å². The highest BCUT2D eigenvalue weighted by molar-refractivity contribution is 5.49. The lowest BCUT2D eigenvalue weighted by molar-refractivity contribution is 0.128. The number of nitrogens with one attached hydrogen (secondary N) is 1. The molecule has 20 heavy (non-hydrogen) atoms. The lowest BCUT2D eigenvalue weighted by atomic mass is 10.2.